The Labute approximate surface area is 50.3 Å². The summed E-state index contributed by atoms with van der Waals surface area (Å²) >= 11 is -1.67. The van der Waals surface area contributed by atoms with Gasteiger partial charge in [0.05, 0.1) is 11.9 Å². The number of hydrogen-bond donors (Lipinski definition) is 1. The molecule has 1 aliphatic rings. The van der Waals surface area contributed by atoms with Crippen molar-refractivity contribution in [2.75, 3.05) is 13.2 Å². The molecule has 1 fully saturated rings. The smallest absolute Gasteiger partial charge is 0.158 e. The molecule has 2 atom stereocenters. The van der Waals surface area contributed by atoms with Crippen molar-refractivity contribution in [2.24, 2.45) is 0 Å². The Morgan fingerprint density at radius 2 is 2.50 bits per heavy atom. The van der Waals surface area contributed by atoms with E-state index in [9.17, 15) is 4.21 Å². The van der Waals surface area contributed by atoms with Gasteiger partial charge in [-0.15, -0.1) is 0 Å². The van der Waals surface area contributed by atoms with Crippen LogP contribution in [-0.4, -0.2) is 27.2 Å². The topological polar surface area (TPSA) is 46.5 Å². The first kappa shape index (κ1) is 6.19. The second-order valence-electron chi connectivity index (χ2n) is 1.76. The fraction of sp³-hybridized carbons (Fsp3) is 1.00. The zero-order chi connectivity index (χ0) is 5.98. The maximum atomic E-state index is 10.2. The average Bonchev–Trinajstić information content (AvgIpc) is 2.12. The first-order chi connectivity index (χ1) is 3.80. The first-order valence-electron chi connectivity index (χ1n) is 2.48. The molecule has 0 amide bonds. The van der Waals surface area contributed by atoms with Gasteiger partial charge in [0.2, 0.25) is 0 Å². The van der Waals surface area contributed by atoms with Crippen LogP contribution >= 0.6 is 0 Å². The van der Waals surface area contributed by atoms with Crippen molar-refractivity contribution >= 4 is 11.1 Å². The molecule has 0 aromatic rings. The molecule has 3 nitrogen and oxygen atoms in total. The minimum atomic E-state index is -1.67. The van der Waals surface area contributed by atoms with Crippen molar-refractivity contribution in [3.05, 3.63) is 0 Å². The zero-order valence-electron chi connectivity index (χ0n) is 4.37. The predicted molar refractivity (Wildman–Crippen MR) is 30.0 cm³/mol. The molecule has 4 heteroatoms. The highest BCUT2D eigenvalue weighted by molar-refractivity contribution is 7.79. The summed E-state index contributed by atoms with van der Waals surface area (Å²) < 4.78 is 23.5. The number of hydrogen-bond acceptors (Lipinski definition) is 2. The van der Waals surface area contributed by atoms with Crippen LogP contribution in [0.25, 0.3) is 0 Å². The summed E-state index contributed by atoms with van der Waals surface area (Å²) in [5.74, 6) is 0. The lowest BCUT2D eigenvalue weighted by Crippen LogP contribution is -2.12. The van der Waals surface area contributed by atoms with Gasteiger partial charge in [-0.2, -0.15) is 0 Å². The van der Waals surface area contributed by atoms with E-state index in [1.165, 1.54) is 0 Å². The summed E-state index contributed by atoms with van der Waals surface area (Å²) in [6, 6.07) is 0. The highest BCUT2D eigenvalue weighted by atomic mass is 32.2. The van der Waals surface area contributed by atoms with Crippen LogP contribution in [0.2, 0.25) is 0 Å². The Balaban J connectivity index is 2.35. The largest absolute Gasteiger partial charge is 0.380 e. The van der Waals surface area contributed by atoms with Crippen molar-refractivity contribution in [2.45, 2.75) is 11.7 Å². The van der Waals surface area contributed by atoms with Gasteiger partial charge in [-0.25, -0.2) is 4.21 Å². The summed E-state index contributed by atoms with van der Waals surface area (Å²) in [7, 11) is 0. The van der Waals surface area contributed by atoms with E-state index in [4.69, 9.17) is 9.29 Å². The van der Waals surface area contributed by atoms with Crippen LogP contribution in [0, 0.1) is 0 Å². The maximum Gasteiger partial charge on any atom is 0.158 e. The van der Waals surface area contributed by atoms with Gasteiger partial charge >= 0.3 is 0 Å². The lowest BCUT2D eigenvalue weighted by atomic mass is 10.4. The Bertz CT molecular complexity index is 97.5. The van der Waals surface area contributed by atoms with Crippen LogP contribution in [0.15, 0.2) is 0 Å². The van der Waals surface area contributed by atoms with E-state index in [1.54, 1.807) is 0 Å². The van der Waals surface area contributed by atoms with E-state index in [0.717, 1.165) is 6.42 Å². The third-order valence-electron chi connectivity index (χ3n) is 1.17. The highest BCUT2D eigenvalue weighted by Crippen LogP contribution is 2.08. The second-order valence-corrected chi connectivity index (χ2v) is 2.98. The molecule has 0 aliphatic carbocycles. The SMILES string of the molecule is O=S(O)[C@@H]1CCOC1. The molecule has 0 aromatic heterocycles. The number of rotatable bonds is 1. The van der Waals surface area contributed by atoms with Gasteiger partial charge in [-0.05, 0) is 6.42 Å². The van der Waals surface area contributed by atoms with E-state index >= 15 is 0 Å². The summed E-state index contributed by atoms with van der Waals surface area (Å²) in [6.07, 6.45) is 0.725. The molecule has 0 aromatic carbocycles. The molecule has 1 heterocycles. The molecule has 0 spiro atoms. The van der Waals surface area contributed by atoms with Crippen LogP contribution < -0.4 is 0 Å². The van der Waals surface area contributed by atoms with E-state index in [-0.39, 0.29) is 5.25 Å². The second kappa shape index (κ2) is 2.57. The van der Waals surface area contributed by atoms with Gasteiger partial charge in [0.25, 0.3) is 0 Å². The van der Waals surface area contributed by atoms with Crippen molar-refractivity contribution < 1.29 is 13.5 Å². The third kappa shape index (κ3) is 1.27. The lowest BCUT2D eigenvalue weighted by Gasteiger charge is -1.96. The van der Waals surface area contributed by atoms with Crippen molar-refractivity contribution in [1.29, 1.82) is 0 Å². The fourth-order valence-electron chi connectivity index (χ4n) is 0.672. The molecule has 1 aliphatic heterocycles. The molecule has 0 bridgehead atoms. The zero-order valence-corrected chi connectivity index (χ0v) is 5.19. The minimum absolute atomic E-state index is 0.130. The Hall–Kier alpha value is 0.0700. The summed E-state index contributed by atoms with van der Waals surface area (Å²) in [5.41, 5.74) is 0. The summed E-state index contributed by atoms with van der Waals surface area (Å²) in [5, 5.41) is -0.130. The normalized spacial score (nSPS) is 32.9. The number of ether oxygens (including phenoxy) is 1. The van der Waals surface area contributed by atoms with Gasteiger partial charge in [0.15, 0.2) is 11.1 Å². The monoisotopic (exact) mass is 136 g/mol. The molecule has 48 valence electrons. The van der Waals surface area contributed by atoms with Crippen LogP contribution in [0.1, 0.15) is 6.42 Å². The molecule has 1 rings (SSSR count). The standard InChI is InChI=1S/C4H8O3S/c5-8(6)4-1-2-7-3-4/h4H,1-3H2,(H,5,6)/t4-/m1/s1. The minimum Gasteiger partial charge on any atom is -0.380 e. The highest BCUT2D eigenvalue weighted by Gasteiger charge is 2.20. The molecular formula is C4H8O3S. The summed E-state index contributed by atoms with van der Waals surface area (Å²) in [4.78, 5) is 0. The summed E-state index contributed by atoms with van der Waals surface area (Å²) in [6.45, 7) is 1.08. The predicted octanol–water partition coefficient (Wildman–Crippen LogP) is -0.00300. The molecule has 8 heavy (non-hydrogen) atoms. The van der Waals surface area contributed by atoms with Crippen LogP contribution in [0.3, 0.4) is 0 Å². The molecule has 0 radical (unpaired) electrons. The van der Waals surface area contributed by atoms with Crippen molar-refractivity contribution in [3.8, 4) is 0 Å². The first-order valence-corrected chi connectivity index (χ1v) is 3.65. The molecule has 1 unspecified atom stereocenters. The van der Waals surface area contributed by atoms with E-state index in [2.05, 4.69) is 0 Å². The Morgan fingerprint density at radius 1 is 1.75 bits per heavy atom. The van der Waals surface area contributed by atoms with Gasteiger partial charge in [0.1, 0.15) is 0 Å². The average molecular weight is 136 g/mol. The molecular weight excluding hydrogens is 128 g/mol. The van der Waals surface area contributed by atoms with Crippen molar-refractivity contribution in [3.63, 3.8) is 0 Å². The Kier molecular flexibility index (Phi) is 1.99. The lowest BCUT2D eigenvalue weighted by molar-refractivity contribution is 0.198. The van der Waals surface area contributed by atoms with E-state index in [1.807, 2.05) is 0 Å². The van der Waals surface area contributed by atoms with Gasteiger partial charge < -0.3 is 9.29 Å². The maximum absolute atomic E-state index is 10.2. The molecule has 1 N–H and O–H groups in total. The quantitative estimate of drug-likeness (QED) is 0.516. The van der Waals surface area contributed by atoms with Gasteiger partial charge in [-0.3, -0.25) is 0 Å². The van der Waals surface area contributed by atoms with E-state index in [0.29, 0.717) is 13.2 Å². The third-order valence-corrected chi connectivity index (χ3v) is 2.12. The Morgan fingerprint density at radius 3 is 2.75 bits per heavy atom. The van der Waals surface area contributed by atoms with Crippen LogP contribution in [0.4, 0.5) is 0 Å². The molecule has 0 saturated carbocycles. The molecule has 1 saturated heterocycles. The fourth-order valence-corrected chi connectivity index (χ4v) is 1.18. The van der Waals surface area contributed by atoms with Crippen molar-refractivity contribution in [1.82, 2.24) is 0 Å². The van der Waals surface area contributed by atoms with Gasteiger partial charge in [-0.1, -0.05) is 0 Å². The van der Waals surface area contributed by atoms with Gasteiger partial charge in [0, 0.05) is 6.61 Å². The van der Waals surface area contributed by atoms with Crippen LogP contribution in [-0.2, 0) is 15.8 Å². The van der Waals surface area contributed by atoms with E-state index < -0.39 is 11.1 Å². The van der Waals surface area contributed by atoms with Crippen LogP contribution in [0.5, 0.6) is 0 Å².